The van der Waals surface area contributed by atoms with Gasteiger partial charge in [-0.05, 0) is 5.75 Å². The number of carbonyl (C=O) groups is 1. The van der Waals surface area contributed by atoms with Crippen molar-refractivity contribution in [2.75, 3.05) is 12.5 Å². The zero-order valence-electron chi connectivity index (χ0n) is 6.16. The number of hydrogen-bond acceptors (Lipinski definition) is 3. The van der Waals surface area contributed by atoms with E-state index in [0.29, 0.717) is 0 Å². The van der Waals surface area contributed by atoms with Crippen molar-refractivity contribution in [2.24, 2.45) is 0 Å². The fourth-order valence-corrected chi connectivity index (χ4v) is 0.590. The van der Waals surface area contributed by atoms with Crippen molar-refractivity contribution < 1.29 is 14.3 Å². The van der Waals surface area contributed by atoms with Gasteiger partial charge in [-0.2, -0.15) is 11.4 Å². The number of carbonyl (C=O) groups excluding carboxylic acids is 1. The highest BCUT2D eigenvalue weighted by atomic mass is 32.1. The molecule has 0 rings (SSSR count). The summed E-state index contributed by atoms with van der Waals surface area (Å²) in [5.74, 6) is 0.696. The minimum atomic E-state index is -0.318. The van der Waals surface area contributed by atoms with Crippen LogP contribution in [0.4, 0.5) is 0 Å². The average Bonchev–Trinajstić information content (AvgIpc) is 1.87. The first-order valence-electron chi connectivity index (χ1n) is 3.00. The summed E-state index contributed by atoms with van der Waals surface area (Å²) in [6.45, 7) is 3.41. The highest BCUT2D eigenvalue weighted by Crippen LogP contribution is 1.82. The minimum Gasteiger partial charge on any atom is -0.438 e. The second-order valence-electron chi connectivity index (χ2n) is 1.52. The second-order valence-corrected chi connectivity index (χ2v) is 2.73. The molecule has 4 heteroatoms. The first-order valence-corrected chi connectivity index (χ1v) is 4.15. The van der Waals surface area contributed by atoms with Gasteiger partial charge in [0.1, 0.15) is 0 Å². The van der Waals surface area contributed by atoms with Crippen molar-refractivity contribution in [1.29, 1.82) is 0 Å². The van der Waals surface area contributed by atoms with Crippen LogP contribution < -0.4 is 0 Å². The van der Waals surface area contributed by atoms with Gasteiger partial charge in [-0.15, -0.1) is 0 Å². The lowest BCUT2D eigenvalue weighted by atomic mass is 10.8. The lowest BCUT2D eigenvalue weighted by Crippen LogP contribution is -2.02. The molecule has 0 unspecified atom stereocenters. The Kier molecular flexibility index (Phi) is 6.53. The van der Waals surface area contributed by atoms with Gasteiger partial charge >= 0.3 is 5.97 Å². The van der Waals surface area contributed by atoms with E-state index in [2.05, 4.69) is 4.74 Å². The van der Waals surface area contributed by atoms with Crippen molar-refractivity contribution in [1.82, 2.24) is 0 Å². The highest BCUT2D eigenvalue weighted by molar-refractivity contribution is 7.97. The van der Waals surface area contributed by atoms with Gasteiger partial charge in [0.15, 0.2) is 6.79 Å². The maximum atomic E-state index is 10.2. The Hall–Kier alpha value is -0.350. The number of ether oxygens (including phenoxy) is 2. The van der Waals surface area contributed by atoms with E-state index < -0.39 is 0 Å². The van der Waals surface area contributed by atoms with Crippen LogP contribution in [0.3, 0.4) is 0 Å². The summed E-state index contributed by atoms with van der Waals surface area (Å²) in [7, 11) is 0. The quantitative estimate of drug-likeness (QED) is 0.219. The van der Waals surface area contributed by atoms with Crippen LogP contribution in [-0.2, 0) is 14.3 Å². The van der Waals surface area contributed by atoms with Crippen molar-refractivity contribution in [3.05, 3.63) is 0 Å². The van der Waals surface area contributed by atoms with Crippen LogP contribution in [0.15, 0.2) is 0 Å². The van der Waals surface area contributed by atoms with Crippen LogP contribution in [0.25, 0.3) is 0 Å². The van der Waals surface area contributed by atoms with Crippen LogP contribution in [0.1, 0.15) is 13.8 Å². The summed E-state index contributed by atoms with van der Waals surface area (Å²) in [5, 5.41) is 0. The van der Waals surface area contributed by atoms with Crippen molar-refractivity contribution in [2.45, 2.75) is 13.8 Å². The van der Waals surface area contributed by atoms with Gasteiger partial charge < -0.3 is 9.47 Å². The van der Waals surface area contributed by atoms with Gasteiger partial charge in [0.05, 0.1) is 5.55 Å². The molecule has 0 aromatic heterocycles. The summed E-state index contributed by atoms with van der Waals surface area (Å²) in [6, 6.07) is 0. The predicted octanol–water partition coefficient (Wildman–Crippen LogP) is 0.769. The van der Waals surface area contributed by atoms with Crippen molar-refractivity contribution in [3.8, 4) is 0 Å². The number of hydrogen-bond donors (Lipinski definition) is 1. The van der Waals surface area contributed by atoms with Crippen LogP contribution in [-0.4, -0.2) is 24.1 Å². The maximum Gasteiger partial charge on any atom is 0.304 e. The third-order valence-corrected chi connectivity index (χ3v) is 1.33. The Morgan fingerprint density at radius 2 is 2.40 bits per heavy atom. The molecule has 0 fully saturated rings. The molecule has 0 spiro atoms. The largest absolute Gasteiger partial charge is 0.438 e. The molecule has 0 amide bonds. The maximum absolute atomic E-state index is 10.2. The van der Waals surface area contributed by atoms with E-state index in [4.69, 9.17) is 4.74 Å². The van der Waals surface area contributed by atoms with Gasteiger partial charge in [-0.3, -0.25) is 4.79 Å². The molecule has 0 N–H and O–H groups in total. The van der Waals surface area contributed by atoms with Crippen LogP contribution in [0, 0.1) is 0 Å². The fraction of sp³-hybridized carbons (Fsp3) is 0.667. The van der Waals surface area contributed by atoms with E-state index in [1.54, 1.807) is 5.55 Å². The van der Waals surface area contributed by atoms with Crippen molar-refractivity contribution in [3.63, 3.8) is 0 Å². The lowest BCUT2D eigenvalue weighted by Gasteiger charge is -1.96. The Balaban J connectivity index is 3.05. The molecule has 0 aliphatic rings. The van der Waals surface area contributed by atoms with E-state index >= 15 is 0 Å². The molecule has 0 aromatic rings. The molecule has 0 aromatic carbocycles. The summed E-state index contributed by atoms with van der Waals surface area (Å²) >= 11 is 1.10. The zero-order chi connectivity index (χ0) is 7.82. The summed E-state index contributed by atoms with van der Waals surface area (Å²) in [4.78, 5) is 10.2. The third-order valence-electron chi connectivity index (χ3n) is 0.662. The summed E-state index contributed by atoms with van der Waals surface area (Å²) in [5.41, 5.74) is 1.61. The normalized spacial score (nSPS) is 11.0. The number of esters is 1. The Morgan fingerprint density at radius 1 is 1.70 bits per heavy atom. The molecular weight excluding hydrogens is 152 g/mol. The van der Waals surface area contributed by atoms with E-state index in [0.717, 1.165) is 17.1 Å². The lowest BCUT2D eigenvalue weighted by molar-refractivity contribution is -0.147. The topological polar surface area (TPSA) is 35.5 Å². The molecule has 10 heavy (non-hydrogen) atoms. The molecule has 0 saturated heterocycles. The van der Waals surface area contributed by atoms with Gasteiger partial charge in [-0.25, -0.2) is 0 Å². The van der Waals surface area contributed by atoms with Gasteiger partial charge in [-0.1, -0.05) is 6.92 Å². The van der Waals surface area contributed by atoms with Crippen LogP contribution in [0.5, 0.6) is 0 Å². The van der Waals surface area contributed by atoms with Crippen LogP contribution >= 0.6 is 11.4 Å². The second kappa shape index (κ2) is 6.77. The molecule has 3 nitrogen and oxygen atoms in total. The Bertz CT molecular complexity index is 122. The van der Waals surface area contributed by atoms with Crippen molar-refractivity contribution >= 4 is 22.9 Å². The molecule has 0 saturated carbocycles. The zero-order valence-corrected chi connectivity index (χ0v) is 7.06. The monoisotopic (exact) mass is 164 g/mol. The Labute approximate surface area is 64.3 Å². The number of thiol groups is 1. The molecule has 0 aliphatic carbocycles. The number of rotatable bonds is 4. The van der Waals surface area contributed by atoms with E-state index in [1.807, 2.05) is 6.92 Å². The smallest absolute Gasteiger partial charge is 0.304 e. The van der Waals surface area contributed by atoms with Gasteiger partial charge in [0.25, 0.3) is 0 Å². The fourth-order valence-electron chi connectivity index (χ4n) is 0.275. The van der Waals surface area contributed by atoms with E-state index in [9.17, 15) is 4.79 Å². The highest BCUT2D eigenvalue weighted by Gasteiger charge is 1.87. The van der Waals surface area contributed by atoms with Gasteiger partial charge in [0, 0.05) is 6.92 Å². The SMILES string of the molecule is CC[SH]=COCOC(C)=O. The molecule has 0 radical (unpaired) electrons. The molecule has 0 aliphatic heterocycles. The Morgan fingerprint density at radius 3 is 2.90 bits per heavy atom. The minimum absolute atomic E-state index is 0.0301. The molecule has 0 atom stereocenters. The summed E-state index contributed by atoms with van der Waals surface area (Å²) < 4.78 is 9.30. The first-order chi connectivity index (χ1) is 4.77. The first kappa shape index (κ1) is 9.65. The molecular formula is C6H12O3S. The van der Waals surface area contributed by atoms with E-state index in [1.165, 1.54) is 6.92 Å². The van der Waals surface area contributed by atoms with Crippen LogP contribution in [0.2, 0.25) is 0 Å². The molecule has 0 heterocycles. The standard InChI is InChI=1S/C6H12O3S/c1-3-10-5-8-4-9-6(2)7/h5,10H,3-4H2,1-2H3. The average molecular weight is 164 g/mol. The van der Waals surface area contributed by atoms with Gasteiger partial charge in [0.2, 0.25) is 0 Å². The molecule has 60 valence electrons. The molecule has 0 bridgehead atoms. The third kappa shape index (κ3) is 7.65. The predicted molar refractivity (Wildman–Crippen MR) is 43.3 cm³/mol. The summed E-state index contributed by atoms with van der Waals surface area (Å²) in [6.07, 6.45) is 0. The van der Waals surface area contributed by atoms with E-state index in [-0.39, 0.29) is 12.8 Å².